The Morgan fingerprint density at radius 3 is 2.56 bits per heavy atom. The molecular formula is C18H12Cl2F3NO3. The molecule has 3 rings (SSSR count). The number of hydrogen-bond donors (Lipinski definition) is 1. The van der Waals surface area contributed by atoms with E-state index in [1.807, 2.05) is 0 Å². The third-order valence-corrected chi connectivity index (χ3v) is 4.79. The van der Waals surface area contributed by atoms with Crippen molar-refractivity contribution in [3.63, 3.8) is 0 Å². The second kappa shape index (κ2) is 6.98. The topological polar surface area (TPSA) is 51.5 Å². The summed E-state index contributed by atoms with van der Waals surface area (Å²) in [6.07, 6.45) is -3.11. The van der Waals surface area contributed by atoms with Gasteiger partial charge in [-0.25, -0.2) is 4.79 Å². The molecule has 0 spiro atoms. The zero-order chi connectivity index (χ0) is 19.9. The number of hydrogen-bond acceptors (Lipinski definition) is 2. The van der Waals surface area contributed by atoms with E-state index in [0.717, 1.165) is 0 Å². The fourth-order valence-electron chi connectivity index (χ4n) is 2.94. The molecule has 142 valence electrons. The second-order valence-electron chi connectivity index (χ2n) is 5.86. The third-order valence-electron chi connectivity index (χ3n) is 4.00. The molecule has 0 bridgehead atoms. The lowest BCUT2D eigenvalue weighted by molar-refractivity contribution is -0.274. The van der Waals surface area contributed by atoms with Gasteiger partial charge in [-0.1, -0.05) is 23.2 Å². The van der Waals surface area contributed by atoms with Crippen LogP contribution in [0.25, 0.3) is 10.9 Å². The van der Waals surface area contributed by atoms with Crippen LogP contribution in [-0.4, -0.2) is 22.0 Å². The smallest absolute Gasteiger partial charge is 0.478 e. The van der Waals surface area contributed by atoms with Crippen LogP contribution in [0.1, 0.15) is 21.5 Å². The van der Waals surface area contributed by atoms with E-state index in [0.29, 0.717) is 27.1 Å². The van der Waals surface area contributed by atoms with Crippen LogP contribution in [0.15, 0.2) is 36.5 Å². The molecule has 4 nitrogen and oxygen atoms in total. The van der Waals surface area contributed by atoms with Crippen molar-refractivity contribution < 1.29 is 27.8 Å². The predicted molar refractivity (Wildman–Crippen MR) is 95.9 cm³/mol. The van der Waals surface area contributed by atoms with Gasteiger partial charge in [0.25, 0.3) is 0 Å². The molecular weight excluding hydrogens is 406 g/mol. The molecule has 1 N–H and O–H groups in total. The Labute approximate surface area is 161 Å². The first-order chi connectivity index (χ1) is 12.6. The summed E-state index contributed by atoms with van der Waals surface area (Å²) in [6.45, 7) is 1.81. The van der Waals surface area contributed by atoms with E-state index in [4.69, 9.17) is 23.2 Å². The maximum Gasteiger partial charge on any atom is 0.573 e. The zero-order valence-corrected chi connectivity index (χ0v) is 15.3. The molecule has 0 fully saturated rings. The van der Waals surface area contributed by atoms with Crippen LogP contribution in [0.3, 0.4) is 0 Å². The van der Waals surface area contributed by atoms with Gasteiger partial charge in [0.2, 0.25) is 0 Å². The number of ether oxygens (including phenoxy) is 1. The Hall–Kier alpha value is -2.38. The number of aromatic nitrogens is 1. The van der Waals surface area contributed by atoms with E-state index in [9.17, 15) is 23.1 Å². The van der Waals surface area contributed by atoms with Gasteiger partial charge in [-0.3, -0.25) is 0 Å². The highest BCUT2D eigenvalue weighted by molar-refractivity contribution is 6.37. The van der Waals surface area contributed by atoms with E-state index in [-0.39, 0.29) is 22.9 Å². The molecule has 1 heterocycles. The first-order valence-electron chi connectivity index (χ1n) is 7.62. The van der Waals surface area contributed by atoms with E-state index in [2.05, 4.69) is 4.74 Å². The summed E-state index contributed by atoms with van der Waals surface area (Å²) >= 11 is 12.4. The minimum atomic E-state index is -4.78. The van der Waals surface area contributed by atoms with Crippen molar-refractivity contribution in [3.05, 3.63) is 63.3 Å². The number of benzene rings is 2. The Kier molecular flexibility index (Phi) is 5.01. The number of halogens is 5. The summed E-state index contributed by atoms with van der Waals surface area (Å²) in [6, 6.07) is 6.96. The SMILES string of the molecule is Cc1cc(OC(F)(F)F)cc2ccn(Cc3c(Cl)ccc(C(=O)O)c3Cl)c12. The van der Waals surface area contributed by atoms with Gasteiger partial charge in [-0.05, 0) is 42.8 Å². The Morgan fingerprint density at radius 2 is 1.93 bits per heavy atom. The summed E-state index contributed by atoms with van der Waals surface area (Å²) in [4.78, 5) is 11.3. The number of carbonyl (C=O) groups is 1. The van der Waals surface area contributed by atoms with Gasteiger partial charge in [-0.2, -0.15) is 0 Å². The Morgan fingerprint density at radius 1 is 1.22 bits per heavy atom. The van der Waals surface area contributed by atoms with E-state index in [1.165, 1.54) is 24.3 Å². The second-order valence-corrected chi connectivity index (χ2v) is 6.65. The molecule has 0 aliphatic heterocycles. The maximum atomic E-state index is 12.5. The van der Waals surface area contributed by atoms with Gasteiger partial charge in [0, 0.05) is 22.2 Å². The molecule has 0 aliphatic carbocycles. The minimum absolute atomic E-state index is 0.0199. The van der Waals surface area contributed by atoms with Crippen LogP contribution in [0.4, 0.5) is 13.2 Å². The quantitative estimate of drug-likeness (QED) is 0.574. The highest BCUT2D eigenvalue weighted by Gasteiger charge is 2.31. The predicted octanol–water partition coefficient (Wildman–Crippen LogP) is 5.90. The van der Waals surface area contributed by atoms with E-state index >= 15 is 0 Å². The summed E-state index contributed by atoms with van der Waals surface area (Å²) in [5.41, 5.74) is 1.55. The van der Waals surface area contributed by atoms with Crippen molar-refractivity contribution in [2.24, 2.45) is 0 Å². The average Bonchev–Trinajstić information content (AvgIpc) is 2.92. The lowest BCUT2D eigenvalue weighted by Gasteiger charge is -2.14. The summed E-state index contributed by atoms with van der Waals surface area (Å²) in [5.74, 6) is -1.49. The monoisotopic (exact) mass is 417 g/mol. The van der Waals surface area contributed by atoms with Crippen molar-refractivity contribution in [2.75, 3.05) is 0 Å². The highest BCUT2D eigenvalue weighted by Crippen LogP contribution is 2.33. The lowest BCUT2D eigenvalue weighted by Crippen LogP contribution is -2.17. The van der Waals surface area contributed by atoms with Gasteiger partial charge >= 0.3 is 12.3 Å². The summed E-state index contributed by atoms with van der Waals surface area (Å²) in [5, 5.41) is 10.1. The first kappa shape index (κ1) is 19.4. The van der Waals surface area contributed by atoms with Crippen LogP contribution in [-0.2, 0) is 6.54 Å². The van der Waals surface area contributed by atoms with Crippen LogP contribution in [0.2, 0.25) is 10.0 Å². The third kappa shape index (κ3) is 3.99. The number of fused-ring (bicyclic) bond motifs is 1. The minimum Gasteiger partial charge on any atom is -0.478 e. The Bertz CT molecular complexity index is 1040. The van der Waals surface area contributed by atoms with Crippen LogP contribution < -0.4 is 4.74 Å². The van der Waals surface area contributed by atoms with Crippen LogP contribution >= 0.6 is 23.2 Å². The fourth-order valence-corrected chi connectivity index (χ4v) is 3.51. The number of aryl methyl sites for hydroxylation is 1. The Balaban J connectivity index is 2.05. The van der Waals surface area contributed by atoms with Gasteiger partial charge in [0.05, 0.1) is 22.6 Å². The van der Waals surface area contributed by atoms with Crippen molar-refractivity contribution in [1.82, 2.24) is 4.57 Å². The molecule has 0 atom stereocenters. The molecule has 0 amide bonds. The molecule has 3 aromatic rings. The molecule has 0 aliphatic rings. The van der Waals surface area contributed by atoms with Crippen molar-refractivity contribution >= 4 is 40.1 Å². The fraction of sp³-hybridized carbons (Fsp3) is 0.167. The summed E-state index contributed by atoms with van der Waals surface area (Å²) < 4.78 is 43.1. The molecule has 0 saturated heterocycles. The maximum absolute atomic E-state index is 12.5. The van der Waals surface area contributed by atoms with Gasteiger partial charge in [-0.15, -0.1) is 13.2 Å². The molecule has 9 heteroatoms. The highest BCUT2D eigenvalue weighted by atomic mass is 35.5. The van der Waals surface area contributed by atoms with Gasteiger partial charge in [0.15, 0.2) is 0 Å². The zero-order valence-electron chi connectivity index (χ0n) is 13.8. The van der Waals surface area contributed by atoms with Crippen molar-refractivity contribution in [3.8, 4) is 5.75 Å². The van der Waals surface area contributed by atoms with Crippen LogP contribution in [0, 0.1) is 6.92 Å². The molecule has 0 radical (unpaired) electrons. The number of carboxylic acid groups (broad SMARTS) is 1. The van der Waals surface area contributed by atoms with Crippen molar-refractivity contribution in [2.45, 2.75) is 19.8 Å². The molecule has 1 aromatic heterocycles. The molecule has 2 aromatic carbocycles. The van der Waals surface area contributed by atoms with E-state index in [1.54, 1.807) is 23.8 Å². The number of carboxylic acids is 1. The number of aromatic carboxylic acids is 1. The molecule has 0 saturated carbocycles. The standard InChI is InChI=1S/C18H12Cl2F3NO3/c1-9-6-11(27-18(21,22)23)7-10-4-5-24(16(9)10)8-13-14(19)3-2-12(15(13)20)17(25)26/h2-7H,8H2,1H3,(H,25,26). The first-order valence-corrected chi connectivity index (χ1v) is 8.38. The van der Waals surface area contributed by atoms with Crippen molar-refractivity contribution in [1.29, 1.82) is 0 Å². The lowest BCUT2D eigenvalue weighted by atomic mass is 10.1. The number of nitrogens with zero attached hydrogens (tertiary/aromatic N) is 1. The normalized spacial score (nSPS) is 11.8. The summed E-state index contributed by atoms with van der Waals surface area (Å²) in [7, 11) is 0. The number of alkyl halides is 3. The molecule has 0 unspecified atom stereocenters. The van der Waals surface area contributed by atoms with Gasteiger partial charge in [0.1, 0.15) is 5.75 Å². The number of rotatable bonds is 4. The largest absolute Gasteiger partial charge is 0.573 e. The average molecular weight is 418 g/mol. The van der Waals surface area contributed by atoms with Gasteiger partial charge < -0.3 is 14.4 Å². The van der Waals surface area contributed by atoms with E-state index < -0.39 is 12.3 Å². The van der Waals surface area contributed by atoms with Crippen LogP contribution in [0.5, 0.6) is 5.75 Å². The molecule has 27 heavy (non-hydrogen) atoms.